The number of primary amides is 1. The molecule has 0 bridgehead atoms. The molecule has 1 aliphatic heterocycles. The van der Waals surface area contributed by atoms with Gasteiger partial charge in [0, 0.05) is 18.2 Å². The fourth-order valence-corrected chi connectivity index (χ4v) is 3.97. The van der Waals surface area contributed by atoms with Gasteiger partial charge in [0.05, 0.1) is 34.4 Å². The predicted molar refractivity (Wildman–Crippen MR) is 114 cm³/mol. The zero-order valence-corrected chi connectivity index (χ0v) is 18.0. The maximum atomic E-state index is 11.9. The molecule has 3 N–H and O–H groups in total. The number of aromatic nitrogens is 2. The molecule has 1 fully saturated rings. The number of halogens is 2. The van der Waals surface area contributed by atoms with Gasteiger partial charge in [0.15, 0.2) is 0 Å². The van der Waals surface area contributed by atoms with Crippen LogP contribution in [0.25, 0.3) is 11.3 Å². The van der Waals surface area contributed by atoms with E-state index in [1.807, 2.05) is 7.05 Å². The first kappa shape index (κ1) is 21.6. The van der Waals surface area contributed by atoms with Crippen LogP contribution < -0.4 is 11.1 Å². The van der Waals surface area contributed by atoms with Gasteiger partial charge in [-0.2, -0.15) is 5.10 Å². The second-order valence-electron chi connectivity index (χ2n) is 7.52. The number of carbonyl (C=O) groups is 2. The highest BCUT2D eigenvalue weighted by Crippen LogP contribution is 2.32. The van der Waals surface area contributed by atoms with Gasteiger partial charge in [-0.3, -0.25) is 14.3 Å². The maximum Gasteiger partial charge on any atom is 0.252 e. The number of amides is 2. The molecule has 2 aromatic rings. The molecule has 2 aliphatic rings. The molecule has 29 heavy (non-hydrogen) atoms. The van der Waals surface area contributed by atoms with E-state index < -0.39 is 5.91 Å². The lowest BCUT2D eigenvalue weighted by molar-refractivity contribution is -0.119. The van der Waals surface area contributed by atoms with Crippen molar-refractivity contribution in [3.63, 3.8) is 0 Å². The summed E-state index contributed by atoms with van der Waals surface area (Å²) in [6.07, 6.45) is 3.52. The van der Waals surface area contributed by atoms with Crippen molar-refractivity contribution in [3.8, 4) is 11.3 Å². The third-order valence-electron chi connectivity index (χ3n) is 5.38. The zero-order chi connectivity index (χ0) is 21.1. The Hall–Kier alpha value is -2.09. The van der Waals surface area contributed by atoms with Crippen LogP contribution in [0.4, 0.5) is 0 Å². The van der Waals surface area contributed by atoms with E-state index in [2.05, 4.69) is 17.3 Å². The van der Waals surface area contributed by atoms with Gasteiger partial charge in [-0.1, -0.05) is 36.2 Å². The lowest BCUT2D eigenvalue weighted by Crippen LogP contribution is -2.37. The summed E-state index contributed by atoms with van der Waals surface area (Å²) >= 11 is 11.9. The van der Waals surface area contributed by atoms with E-state index in [1.165, 1.54) is 12.8 Å². The second kappa shape index (κ2) is 9.15. The Kier molecular flexibility index (Phi) is 6.82. The summed E-state index contributed by atoms with van der Waals surface area (Å²) in [5, 5.41) is 8.47. The standard InChI is InChI=1S/C14H12Cl2N4O2.C6H13N/c15-9-2-1-8(5-10(9)16)13-12(14(17)22)11-6-19(7-21)3-4-20(11)18-13;1-5-3-6(4-5)7-2/h1-2,5,7H,3-4,6H2,(H2,17,22);5-7H,3-4H2,1-2H3. The molecular weight excluding hydrogens is 413 g/mol. The lowest BCUT2D eigenvalue weighted by atomic mass is 9.82. The third kappa shape index (κ3) is 4.74. The molecule has 4 rings (SSSR count). The number of carbonyl (C=O) groups excluding carboxylic acids is 2. The number of fused-ring (bicyclic) bond motifs is 1. The fourth-order valence-electron chi connectivity index (χ4n) is 3.67. The number of nitrogens with zero attached hydrogens (tertiary/aromatic N) is 3. The third-order valence-corrected chi connectivity index (χ3v) is 6.12. The normalized spacial score (nSPS) is 20.2. The zero-order valence-electron chi connectivity index (χ0n) is 16.5. The van der Waals surface area contributed by atoms with E-state index >= 15 is 0 Å². The largest absolute Gasteiger partial charge is 0.365 e. The van der Waals surface area contributed by atoms with Crippen LogP contribution in [-0.2, 0) is 17.9 Å². The molecule has 0 saturated heterocycles. The van der Waals surface area contributed by atoms with Crippen molar-refractivity contribution < 1.29 is 9.59 Å². The number of rotatable bonds is 4. The van der Waals surface area contributed by atoms with Crippen LogP contribution >= 0.6 is 23.2 Å². The second-order valence-corrected chi connectivity index (χ2v) is 8.34. The highest BCUT2D eigenvalue weighted by atomic mass is 35.5. The molecule has 1 aromatic heterocycles. The molecule has 7 nitrogen and oxygen atoms in total. The van der Waals surface area contributed by atoms with Crippen molar-refractivity contribution >= 4 is 35.5 Å². The van der Waals surface area contributed by atoms with Gasteiger partial charge < -0.3 is 16.0 Å². The van der Waals surface area contributed by atoms with Gasteiger partial charge in [-0.25, -0.2) is 0 Å². The lowest BCUT2D eigenvalue weighted by Gasteiger charge is -2.31. The molecule has 0 atom stereocenters. The van der Waals surface area contributed by atoms with Crippen molar-refractivity contribution in [1.29, 1.82) is 0 Å². The number of nitrogens with one attached hydrogen (secondary N) is 1. The molecule has 1 saturated carbocycles. The van der Waals surface area contributed by atoms with Gasteiger partial charge in [0.25, 0.3) is 5.91 Å². The number of benzene rings is 1. The van der Waals surface area contributed by atoms with E-state index in [-0.39, 0.29) is 0 Å². The maximum absolute atomic E-state index is 11.9. The van der Waals surface area contributed by atoms with Crippen LogP contribution in [0.2, 0.25) is 10.0 Å². The van der Waals surface area contributed by atoms with E-state index in [4.69, 9.17) is 28.9 Å². The van der Waals surface area contributed by atoms with Crippen molar-refractivity contribution in [2.45, 2.75) is 38.9 Å². The molecule has 156 valence electrons. The Morgan fingerprint density at radius 2 is 2.00 bits per heavy atom. The average molecular weight is 438 g/mol. The summed E-state index contributed by atoms with van der Waals surface area (Å²) in [4.78, 5) is 24.4. The van der Waals surface area contributed by atoms with Crippen LogP contribution in [0.3, 0.4) is 0 Å². The summed E-state index contributed by atoms with van der Waals surface area (Å²) in [7, 11) is 2.04. The first-order valence-corrected chi connectivity index (χ1v) is 10.3. The van der Waals surface area contributed by atoms with Crippen molar-refractivity contribution in [3.05, 3.63) is 39.5 Å². The first-order valence-electron chi connectivity index (χ1n) is 9.55. The Morgan fingerprint density at radius 3 is 2.52 bits per heavy atom. The van der Waals surface area contributed by atoms with E-state index in [0.29, 0.717) is 52.2 Å². The average Bonchev–Trinajstić information content (AvgIpc) is 3.06. The summed E-state index contributed by atoms with van der Waals surface area (Å²) < 4.78 is 1.71. The minimum atomic E-state index is -0.588. The van der Waals surface area contributed by atoms with Crippen LogP contribution in [0.15, 0.2) is 18.2 Å². The molecule has 0 radical (unpaired) electrons. The minimum absolute atomic E-state index is 0.302. The molecular formula is C20H25Cl2N5O2. The summed E-state index contributed by atoms with van der Waals surface area (Å²) in [5.41, 5.74) is 7.57. The van der Waals surface area contributed by atoms with Gasteiger partial charge in [0.2, 0.25) is 6.41 Å². The van der Waals surface area contributed by atoms with Crippen molar-refractivity contribution in [1.82, 2.24) is 20.0 Å². The predicted octanol–water partition coefficient (Wildman–Crippen LogP) is 2.93. The van der Waals surface area contributed by atoms with E-state index in [1.54, 1.807) is 27.8 Å². The van der Waals surface area contributed by atoms with Gasteiger partial charge in [-0.15, -0.1) is 0 Å². The smallest absolute Gasteiger partial charge is 0.252 e. The minimum Gasteiger partial charge on any atom is -0.365 e. The van der Waals surface area contributed by atoms with Crippen LogP contribution in [0, 0.1) is 5.92 Å². The summed E-state index contributed by atoms with van der Waals surface area (Å²) in [6.45, 7) is 3.65. The molecule has 1 aliphatic carbocycles. The highest BCUT2D eigenvalue weighted by molar-refractivity contribution is 6.42. The Bertz CT molecular complexity index is 909. The molecule has 0 unspecified atom stereocenters. The quantitative estimate of drug-likeness (QED) is 0.718. The molecule has 2 heterocycles. The summed E-state index contributed by atoms with van der Waals surface area (Å²) in [6, 6.07) is 5.85. The first-order chi connectivity index (χ1) is 13.8. The highest BCUT2D eigenvalue weighted by Gasteiger charge is 2.27. The van der Waals surface area contributed by atoms with Gasteiger partial charge in [0.1, 0.15) is 5.69 Å². The van der Waals surface area contributed by atoms with Gasteiger partial charge >= 0.3 is 0 Å². The monoisotopic (exact) mass is 437 g/mol. The van der Waals surface area contributed by atoms with Crippen LogP contribution in [-0.4, -0.2) is 46.6 Å². The number of hydrogen-bond acceptors (Lipinski definition) is 4. The molecule has 2 amide bonds. The Morgan fingerprint density at radius 1 is 1.28 bits per heavy atom. The Labute approximate surface area is 180 Å². The summed E-state index contributed by atoms with van der Waals surface area (Å²) in [5.74, 6) is 0.396. The van der Waals surface area contributed by atoms with Crippen molar-refractivity contribution in [2.24, 2.45) is 11.7 Å². The molecule has 1 aromatic carbocycles. The fraction of sp³-hybridized carbons (Fsp3) is 0.450. The van der Waals surface area contributed by atoms with Crippen molar-refractivity contribution in [2.75, 3.05) is 13.6 Å². The SMILES string of the molecule is CNC1CC(C)C1.NC(=O)c1c(-c2ccc(Cl)c(Cl)c2)nn2c1CN(C=O)CC2. The Balaban J connectivity index is 0.000000290. The number of hydrogen-bond donors (Lipinski definition) is 2. The number of nitrogens with two attached hydrogens (primary N) is 1. The molecule has 0 spiro atoms. The van der Waals surface area contributed by atoms with Crippen LogP contribution in [0.5, 0.6) is 0 Å². The topological polar surface area (TPSA) is 93.2 Å². The van der Waals surface area contributed by atoms with Gasteiger partial charge in [-0.05, 0) is 37.9 Å². The van der Waals surface area contributed by atoms with E-state index in [0.717, 1.165) is 18.4 Å². The van der Waals surface area contributed by atoms with Crippen LogP contribution in [0.1, 0.15) is 35.8 Å². The molecule has 9 heteroatoms. The van der Waals surface area contributed by atoms with E-state index in [9.17, 15) is 9.59 Å².